The van der Waals surface area contributed by atoms with Crippen LogP contribution in [-0.4, -0.2) is 47.3 Å². The summed E-state index contributed by atoms with van der Waals surface area (Å²) in [7, 11) is 0. The monoisotopic (exact) mass is 485 g/mol. The third-order valence-electron chi connectivity index (χ3n) is 7.99. The van der Waals surface area contributed by atoms with Gasteiger partial charge in [-0.1, -0.05) is 84.9 Å². The molecule has 0 amide bonds. The number of aliphatic hydroxyl groups is 1. The van der Waals surface area contributed by atoms with Crippen LogP contribution in [0.2, 0.25) is 0 Å². The van der Waals surface area contributed by atoms with Crippen LogP contribution in [-0.2, 0) is 16.6 Å². The normalized spacial score (nSPS) is 16.6. The number of rotatable bonds is 11. The molecule has 0 aromatic heterocycles. The number of hydrogen-bond donors (Lipinski definition) is 2. The van der Waals surface area contributed by atoms with Crippen LogP contribution in [0.15, 0.2) is 84.9 Å². The summed E-state index contributed by atoms with van der Waals surface area (Å²) in [4.78, 5) is 14.2. The first-order valence-corrected chi connectivity index (χ1v) is 13.3. The molecule has 4 rings (SSSR count). The molecular weight excluding hydrogens is 446 g/mol. The van der Waals surface area contributed by atoms with Crippen LogP contribution < -0.4 is 0 Å². The van der Waals surface area contributed by atoms with Crippen molar-refractivity contribution in [3.05, 3.63) is 107 Å². The minimum Gasteiger partial charge on any atom is -0.481 e. The highest BCUT2D eigenvalue weighted by Gasteiger charge is 2.34. The fraction of sp³-hybridized carbons (Fsp3) is 0.406. The predicted octanol–water partition coefficient (Wildman–Crippen LogP) is 5.89. The lowest BCUT2D eigenvalue weighted by Crippen LogP contribution is -2.36. The van der Waals surface area contributed by atoms with Crippen molar-refractivity contribution in [2.24, 2.45) is 5.92 Å². The van der Waals surface area contributed by atoms with Crippen LogP contribution in [0.3, 0.4) is 0 Å². The van der Waals surface area contributed by atoms with Gasteiger partial charge in [0.2, 0.25) is 0 Å². The number of likely N-dealkylation sites (tertiary alicyclic amines) is 1. The number of carboxylic acids is 1. The maximum Gasteiger partial charge on any atom is 0.316 e. The SMILES string of the molecule is CC(CO)(C(=O)O)c1ccc(CCCCN2CCC(C(c3ccccc3)c3ccccc3)CC2)cc1. The Kier molecular flexibility index (Phi) is 8.95. The summed E-state index contributed by atoms with van der Waals surface area (Å²) in [6, 6.07) is 29.7. The van der Waals surface area contributed by atoms with Crippen molar-refractivity contribution < 1.29 is 15.0 Å². The van der Waals surface area contributed by atoms with Gasteiger partial charge in [-0.25, -0.2) is 0 Å². The smallest absolute Gasteiger partial charge is 0.316 e. The van der Waals surface area contributed by atoms with E-state index in [-0.39, 0.29) is 0 Å². The maximum atomic E-state index is 11.5. The van der Waals surface area contributed by atoms with Crippen LogP contribution in [0.1, 0.15) is 60.8 Å². The first-order chi connectivity index (χ1) is 17.5. The summed E-state index contributed by atoms with van der Waals surface area (Å²) < 4.78 is 0. The van der Waals surface area contributed by atoms with E-state index < -0.39 is 18.0 Å². The molecule has 0 aliphatic carbocycles. The van der Waals surface area contributed by atoms with Gasteiger partial charge >= 0.3 is 5.97 Å². The first-order valence-electron chi connectivity index (χ1n) is 13.3. The Morgan fingerprint density at radius 1 is 0.889 bits per heavy atom. The zero-order valence-electron chi connectivity index (χ0n) is 21.4. The molecule has 1 aliphatic heterocycles. The fourth-order valence-corrected chi connectivity index (χ4v) is 5.55. The molecule has 0 spiro atoms. The summed E-state index contributed by atoms with van der Waals surface area (Å²) in [5, 5.41) is 19.0. The van der Waals surface area contributed by atoms with Crippen LogP contribution in [0.25, 0.3) is 0 Å². The number of piperidine rings is 1. The Hall–Kier alpha value is -2.95. The third kappa shape index (κ3) is 6.24. The number of nitrogens with zero attached hydrogens (tertiary/aromatic N) is 1. The van der Waals surface area contributed by atoms with E-state index in [1.165, 1.54) is 29.5 Å². The molecule has 1 atom stereocenters. The molecule has 4 nitrogen and oxygen atoms in total. The van der Waals surface area contributed by atoms with E-state index in [9.17, 15) is 15.0 Å². The zero-order chi connectivity index (χ0) is 25.4. The van der Waals surface area contributed by atoms with E-state index >= 15 is 0 Å². The van der Waals surface area contributed by atoms with Gasteiger partial charge in [0.15, 0.2) is 0 Å². The van der Waals surface area contributed by atoms with Crippen LogP contribution in [0, 0.1) is 5.92 Å². The van der Waals surface area contributed by atoms with Gasteiger partial charge in [0.05, 0.1) is 6.61 Å². The Labute approximate surface area is 215 Å². The number of aliphatic carboxylic acids is 1. The van der Waals surface area contributed by atoms with E-state index in [4.69, 9.17) is 0 Å². The van der Waals surface area contributed by atoms with Crippen LogP contribution in [0.5, 0.6) is 0 Å². The van der Waals surface area contributed by atoms with Gasteiger partial charge < -0.3 is 15.1 Å². The summed E-state index contributed by atoms with van der Waals surface area (Å²) in [6.07, 6.45) is 5.72. The van der Waals surface area contributed by atoms with Gasteiger partial charge in [-0.15, -0.1) is 0 Å². The highest BCUT2D eigenvalue weighted by Crippen LogP contribution is 2.38. The lowest BCUT2D eigenvalue weighted by atomic mass is 9.76. The van der Waals surface area contributed by atoms with Crippen molar-refractivity contribution in [1.82, 2.24) is 4.90 Å². The molecule has 0 saturated carbocycles. The predicted molar refractivity (Wildman–Crippen MR) is 145 cm³/mol. The molecule has 190 valence electrons. The van der Waals surface area contributed by atoms with Gasteiger partial charge in [0.25, 0.3) is 0 Å². The molecule has 3 aromatic rings. The third-order valence-corrected chi connectivity index (χ3v) is 7.99. The highest BCUT2D eigenvalue weighted by molar-refractivity contribution is 5.81. The second-order valence-electron chi connectivity index (χ2n) is 10.4. The fourth-order valence-electron chi connectivity index (χ4n) is 5.55. The van der Waals surface area contributed by atoms with Crippen molar-refractivity contribution in [1.29, 1.82) is 0 Å². The Balaban J connectivity index is 1.25. The summed E-state index contributed by atoms with van der Waals surface area (Å²) in [6.45, 7) is 4.61. The average molecular weight is 486 g/mol. The molecule has 2 N–H and O–H groups in total. The molecule has 0 radical (unpaired) electrons. The molecule has 1 saturated heterocycles. The molecule has 1 aliphatic rings. The number of aliphatic hydroxyl groups excluding tert-OH is 1. The Morgan fingerprint density at radius 2 is 1.44 bits per heavy atom. The molecule has 4 heteroatoms. The van der Waals surface area contributed by atoms with E-state index in [1.807, 2.05) is 24.3 Å². The molecule has 0 bridgehead atoms. The van der Waals surface area contributed by atoms with Crippen molar-refractivity contribution >= 4 is 5.97 Å². The van der Waals surface area contributed by atoms with Crippen molar-refractivity contribution in [2.45, 2.75) is 50.4 Å². The number of aryl methyl sites for hydroxylation is 1. The molecular formula is C32H39NO3. The lowest BCUT2D eigenvalue weighted by molar-refractivity contribution is -0.144. The van der Waals surface area contributed by atoms with Gasteiger partial charge in [-0.2, -0.15) is 0 Å². The summed E-state index contributed by atoms with van der Waals surface area (Å²) >= 11 is 0. The van der Waals surface area contributed by atoms with Crippen molar-refractivity contribution in [2.75, 3.05) is 26.2 Å². The molecule has 1 unspecified atom stereocenters. The number of carbonyl (C=O) groups is 1. The summed E-state index contributed by atoms with van der Waals surface area (Å²) in [5.41, 5.74) is 3.47. The van der Waals surface area contributed by atoms with Gasteiger partial charge in [0.1, 0.15) is 5.41 Å². The van der Waals surface area contributed by atoms with Crippen LogP contribution in [0.4, 0.5) is 0 Å². The minimum atomic E-state index is -1.25. The quantitative estimate of drug-likeness (QED) is 0.333. The van der Waals surface area contributed by atoms with Gasteiger partial charge in [-0.3, -0.25) is 4.79 Å². The van der Waals surface area contributed by atoms with Crippen molar-refractivity contribution in [3.63, 3.8) is 0 Å². The maximum absolute atomic E-state index is 11.5. The van der Waals surface area contributed by atoms with E-state index in [0.29, 0.717) is 17.4 Å². The standard InChI is InChI=1S/C32H39NO3/c1-32(24-34,31(35)36)29-17-15-25(16-18-29)10-8-9-21-33-22-19-28(20-23-33)30(26-11-4-2-5-12-26)27-13-6-3-7-14-27/h2-7,11-18,28,30,34H,8-10,19-24H2,1H3,(H,35,36). The highest BCUT2D eigenvalue weighted by atomic mass is 16.4. The largest absolute Gasteiger partial charge is 0.481 e. The summed E-state index contributed by atoms with van der Waals surface area (Å²) in [5.74, 6) is 0.131. The molecule has 3 aromatic carbocycles. The van der Waals surface area contributed by atoms with Gasteiger partial charge in [0, 0.05) is 5.92 Å². The number of hydrogen-bond acceptors (Lipinski definition) is 3. The molecule has 36 heavy (non-hydrogen) atoms. The second kappa shape index (κ2) is 12.3. The molecule has 1 fully saturated rings. The Bertz CT molecular complexity index is 1040. The van der Waals surface area contributed by atoms with E-state index in [1.54, 1.807) is 6.92 Å². The van der Waals surface area contributed by atoms with E-state index in [0.717, 1.165) is 38.9 Å². The van der Waals surface area contributed by atoms with E-state index in [2.05, 4.69) is 65.6 Å². The average Bonchev–Trinajstić information content (AvgIpc) is 2.93. The topological polar surface area (TPSA) is 60.8 Å². The van der Waals surface area contributed by atoms with Crippen molar-refractivity contribution in [3.8, 4) is 0 Å². The van der Waals surface area contributed by atoms with Crippen LogP contribution >= 0.6 is 0 Å². The lowest BCUT2D eigenvalue weighted by Gasteiger charge is -2.36. The number of benzene rings is 3. The first kappa shape index (κ1) is 26.1. The Morgan fingerprint density at radius 3 is 1.94 bits per heavy atom. The molecule has 1 heterocycles. The minimum absolute atomic E-state index is 0.407. The van der Waals surface area contributed by atoms with Gasteiger partial charge in [-0.05, 0) is 86.8 Å². The number of unbranched alkanes of at least 4 members (excludes halogenated alkanes) is 1. The second-order valence-corrected chi connectivity index (χ2v) is 10.4. The number of carboxylic acid groups (broad SMARTS) is 1. The zero-order valence-corrected chi connectivity index (χ0v) is 21.4.